The van der Waals surface area contributed by atoms with Gasteiger partial charge in [-0.05, 0) is 0 Å². The Morgan fingerprint density at radius 1 is 1.62 bits per heavy atom. The molecule has 7 heteroatoms. The van der Waals surface area contributed by atoms with Gasteiger partial charge in [-0.3, -0.25) is 26.2 Å². The van der Waals surface area contributed by atoms with Crippen molar-refractivity contribution in [3.63, 3.8) is 0 Å². The Morgan fingerprint density at radius 2 is 2.38 bits per heavy atom. The van der Waals surface area contributed by atoms with E-state index in [-0.39, 0.29) is 6.54 Å². The number of anilines is 1. The van der Waals surface area contributed by atoms with Gasteiger partial charge >= 0.3 is 0 Å². The van der Waals surface area contributed by atoms with Crippen LogP contribution in [0.5, 0.6) is 0 Å². The smallest absolute Gasteiger partial charge is 0.294 e. The number of hydrogen-bond acceptors (Lipinski definition) is 6. The Bertz CT molecular complexity index is 298. The summed E-state index contributed by atoms with van der Waals surface area (Å²) in [6, 6.07) is 0. The number of thiazole rings is 1. The third-order valence-electron chi connectivity index (χ3n) is 1.17. The van der Waals surface area contributed by atoms with Crippen molar-refractivity contribution in [1.29, 1.82) is 0 Å². The summed E-state index contributed by atoms with van der Waals surface area (Å²) in [4.78, 5) is 25.7. The minimum absolute atomic E-state index is 0.183. The van der Waals surface area contributed by atoms with Gasteiger partial charge in [0.2, 0.25) is 5.78 Å². The van der Waals surface area contributed by atoms with Gasteiger partial charge in [0.1, 0.15) is 0 Å². The second kappa shape index (κ2) is 4.65. The highest BCUT2D eigenvalue weighted by atomic mass is 32.1. The van der Waals surface area contributed by atoms with E-state index < -0.39 is 11.7 Å². The van der Waals surface area contributed by atoms with Crippen molar-refractivity contribution in [3.05, 3.63) is 11.6 Å². The van der Waals surface area contributed by atoms with Crippen LogP contribution in [-0.2, 0) is 9.59 Å². The van der Waals surface area contributed by atoms with E-state index in [1.54, 1.807) is 5.38 Å². The highest BCUT2D eigenvalue weighted by Crippen LogP contribution is 2.09. The minimum atomic E-state index is -0.715. The third kappa shape index (κ3) is 2.90. The van der Waals surface area contributed by atoms with Crippen molar-refractivity contribution < 1.29 is 9.59 Å². The van der Waals surface area contributed by atoms with Crippen LogP contribution in [0.15, 0.2) is 11.6 Å². The molecule has 0 aliphatic carbocycles. The van der Waals surface area contributed by atoms with Crippen LogP contribution in [0.1, 0.15) is 0 Å². The van der Waals surface area contributed by atoms with Crippen LogP contribution in [0.25, 0.3) is 0 Å². The maximum absolute atomic E-state index is 11.0. The quantitative estimate of drug-likeness (QED) is 0.333. The molecule has 1 amide bonds. The molecule has 0 fully saturated rings. The molecule has 0 saturated heterocycles. The van der Waals surface area contributed by atoms with Gasteiger partial charge in [-0.25, -0.2) is 4.98 Å². The molecule has 0 saturated carbocycles. The lowest BCUT2D eigenvalue weighted by Gasteiger charge is -1.98. The zero-order valence-corrected chi connectivity index (χ0v) is 7.43. The van der Waals surface area contributed by atoms with Crippen LogP contribution in [0.2, 0.25) is 0 Å². The van der Waals surface area contributed by atoms with E-state index >= 15 is 0 Å². The standard InChI is InChI=1S/C6H8N4O2S/c7-9-3-4(11)5(12)10-6-8-1-2-13-6/h1-2,9H,3,7H2,(H,8,10,12). The molecule has 0 spiro atoms. The molecule has 0 aliphatic rings. The summed E-state index contributed by atoms with van der Waals surface area (Å²) in [5, 5.41) is 4.42. The molecule has 1 aromatic heterocycles. The molecular weight excluding hydrogens is 192 g/mol. The molecule has 70 valence electrons. The normalized spacial score (nSPS) is 9.62. The number of nitrogens with one attached hydrogen (secondary N) is 2. The fraction of sp³-hybridized carbons (Fsp3) is 0.167. The van der Waals surface area contributed by atoms with Gasteiger partial charge < -0.3 is 0 Å². The largest absolute Gasteiger partial charge is 0.295 e. The predicted molar refractivity (Wildman–Crippen MR) is 47.9 cm³/mol. The van der Waals surface area contributed by atoms with Crippen molar-refractivity contribution in [2.75, 3.05) is 11.9 Å². The van der Waals surface area contributed by atoms with Crippen LogP contribution in [0.3, 0.4) is 0 Å². The summed E-state index contributed by atoms with van der Waals surface area (Å²) >= 11 is 1.24. The third-order valence-corrected chi connectivity index (χ3v) is 1.86. The van der Waals surface area contributed by atoms with Crippen LogP contribution >= 0.6 is 11.3 Å². The monoisotopic (exact) mass is 200 g/mol. The number of hydrogen-bond donors (Lipinski definition) is 3. The van der Waals surface area contributed by atoms with Gasteiger partial charge in [-0.1, -0.05) is 0 Å². The molecule has 0 aliphatic heterocycles. The van der Waals surface area contributed by atoms with Gasteiger partial charge in [0, 0.05) is 11.6 Å². The molecule has 1 heterocycles. The SMILES string of the molecule is NNCC(=O)C(=O)Nc1nccs1. The zero-order valence-electron chi connectivity index (χ0n) is 6.61. The van der Waals surface area contributed by atoms with Gasteiger partial charge in [0.25, 0.3) is 5.91 Å². The van der Waals surface area contributed by atoms with E-state index in [1.807, 2.05) is 0 Å². The zero-order chi connectivity index (χ0) is 9.68. The Balaban J connectivity index is 2.46. The van der Waals surface area contributed by atoms with Gasteiger partial charge in [-0.15, -0.1) is 11.3 Å². The van der Waals surface area contributed by atoms with Crippen LogP contribution in [0, 0.1) is 0 Å². The summed E-state index contributed by atoms with van der Waals surface area (Å²) in [6.45, 7) is -0.183. The summed E-state index contributed by atoms with van der Waals surface area (Å²) < 4.78 is 0. The van der Waals surface area contributed by atoms with Crippen molar-refractivity contribution in [3.8, 4) is 0 Å². The number of hydrazine groups is 1. The molecule has 0 radical (unpaired) electrons. The first-order chi connectivity index (χ1) is 6.24. The number of aromatic nitrogens is 1. The number of carbonyl (C=O) groups excluding carboxylic acids is 2. The van der Waals surface area contributed by atoms with Crippen molar-refractivity contribution in [2.24, 2.45) is 5.84 Å². The minimum Gasteiger partial charge on any atom is -0.295 e. The Labute approximate surface area is 78.1 Å². The number of carbonyl (C=O) groups is 2. The maximum Gasteiger partial charge on any atom is 0.294 e. The van der Waals surface area contributed by atoms with E-state index in [4.69, 9.17) is 5.84 Å². The predicted octanol–water partition coefficient (Wildman–Crippen LogP) is -0.886. The van der Waals surface area contributed by atoms with Crippen LogP contribution in [-0.4, -0.2) is 23.2 Å². The number of amides is 1. The molecule has 1 rings (SSSR count). The summed E-state index contributed by atoms with van der Waals surface area (Å²) in [5.74, 6) is 3.53. The van der Waals surface area contributed by atoms with E-state index in [1.165, 1.54) is 17.5 Å². The van der Waals surface area contributed by atoms with Crippen molar-refractivity contribution in [2.45, 2.75) is 0 Å². The van der Waals surface area contributed by atoms with Crippen LogP contribution in [0.4, 0.5) is 5.13 Å². The number of Topliss-reactive ketones (excluding diaryl/α,β-unsaturated/α-hetero) is 1. The van der Waals surface area contributed by atoms with Crippen molar-refractivity contribution >= 4 is 28.2 Å². The number of nitrogens with two attached hydrogens (primary N) is 1. The first kappa shape index (κ1) is 9.78. The van der Waals surface area contributed by atoms with E-state index in [2.05, 4.69) is 15.7 Å². The Kier molecular flexibility index (Phi) is 3.50. The van der Waals surface area contributed by atoms with E-state index in [0.29, 0.717) is 5.13 Å². The molecule has 0 unspecified atom stereocenters. The summed E-state index contributed by atoms with van der Waals surface area (Å²) in [7, 11) is 0. The fourth-order valence-electron chi connectivity index (χ4n) is 0.625. The molecule has 0 aromatic carbocycles. The lowest BCUT2D eigenvalue weighted by Crippen LogP contribution is -2.35. The maximum atomic E-state index is 11.0. The lowest BCUT2D eigenvalue weighted by atomic mass is 10.4. The first-order valence-corrected chi connectivity index (χ1v) is 4.29. The van der Waals surface area contributed by atoms with E-state index in [9.17, 15) is 9.59 Å². The van der Waals surface area contributed by atoms with Crippen LogP contribution < -0.4 is 16.6 Å². The fourth-order valence-corrected chi connectivity index (χ4v) is 1.15. The average molecular weight is 200 g/mol. The summed E-state index contributed by atoms with van der Waals surface area (Å²) in [5.41, 5.74) is 2.10. The van der Waals surface area contributed by atoms with E-state index in [0.717, 1.165) is 0 Å². The topological polar surface area (TPSA) is 97.1 Å². The lowest BCUT2D eigenvalue weighted by molar-refractivity contribution is -0.134. The van der Waals surface area contributed by atoms with Gasteiger partial charge in [0.15, 0.2) is 5.13 Å². The second-order valence-electron chi connectivity index (χ2n) is 2.10. The molecular formula is C6H8N4O2S. The second-order valence-corrected chi connectivity index (χ2v) is 2.99. The molecule has 0 atom stereocenters. The molecule has 1 aromatic rings. The average Bonchev–Trinajstić information content (AvgIpc) is 2.57. The molecule has 0 bridgehead atoms. The molecule has 6 nitrogen and oxygen atoms in total. The molecule has 13 heavy (non-hydrogen) atoms. The Morgan fingerprint density at radius 3 is 2.92 bits per heavy atom. The first-order valence-electron chi connectivity index (χ1n) is 3.41. The van der Waals surface area contributed by atoms with Crippen molar-refractivity contribution in [1.82, 2.24) is 10.4 Å². The molecule has 4 N–H and O–H groups in total. The number of ketones is 1. The number of nitrogens with zero attached hydrogens (tertiary/aromatic N) is 1. The number of rotatable bonds is 4. The highest BCUT2D eigenvalue weighted by Gasteiger charge is 2.13. The highest BCUT2D eigenvalue weighted by molar-refractivity contribution is 7.13. The summed E-state index contributed by atoms with van der Waals surface area (Å²) in [6.07, 6.45) is 1.53. The van der Waals surface area contributed by atoms with Gasteiger partial charge in [-0.2, -0.15) is 0 Å². The van der Waals surface area contributed by atoms with Gasteiger partial charge in [0.05, 0.1) is 6.54 Å². The Hall–Kier alpha value is -1.31.